The largest absolute Gasteiger partial charge is 0.478 e. The van der Waals surface area contributed by atoms with Gasteiger partial charge in [0, 0.05) is 11.4 Å². The molecule has 1 rings (SSSR count). The van der Waals surface area contributed by atoms with Crippen LogP contribution in [0, 0.1) is 5.92 Å². The standard InChI is InChI=1S/C14H18N2O4S/c1-9(2)7-15-14(20)16-12(17)8-21-11-5-3-4-10(6-11)13(18)19/h3-6,9H,7-8H2,1-2H3,(H,18,19)(H2,15,16,17,20). The van der Waals surface area contributed by atoms with Gasteiger partial charge >= 0.3 is 12.0 Å². The van der Waals surface area contributed by atoms with Crippen molar-refractivity contribution in [3.63, 3.8) is 0 Å². The number of hydrogen-bond donors (Lipinski definition) is 3. The van der Waals surface area contributed by atoms with Crippen molar-refractivity contribution in [3.05, 3.63) is 29.8 Å². The van der Waals surface area contributed by atoms with Crippen LogP contribution in [-0.4, -0.2) is 35.3 Å². The van der Waals surface area contributed by atoms with E-state index in [9.17, 15) is 14.4 Å². The number of benzene rings is 1. The van der Waals surface area contributed by atoms with Crippen LogP contribution in [0.4, 0.5) is 4.79 Å². The van der Waals surface area contributed by atoms with Gasteiger partial charge in [-0.25, -0.2) is 9.59 Å². The van der Waals surface area contributed by atoms with E-state index in [-0.39, 0.29) is 11.3 Å². The number of nitrogens with one attached hydrogen (secondary N) is 2. The van der Waals surface area contributed by atoms with Gasteiger partial charge in [0.2, 0.25) is 5.91 Å². The number of urea groups is 1. The number of rotatable bonds is 6. The molecule has 3 amide bonds. The van der Waals surface area contributed by atoms with Crippen molar-refractivity contribution < 1.29 is 19.5 Å². The summed E-state index contributed by atoms with van der Waals surface area (Å²) in [5, 5.41) is 13.7. The van der Waals surface area contributed by atoms with Crippen molar-refractivity contribution in [2.75, 3.05) is 12.3 Å². The van der Waals surface area contributed by atoms with Crippen LogP contribution >= 0.6 is 11.8 Å². The highest BCUT2D eigenvalue weighted by atomic mass is 32.2. The molecule has 0 bridgehead atoms. The monoisotopic (exact) mass is 310 g/mol. The molecule has 0 heterocycles. The zero-order chi connectivity index (χ0) is 15.8. The van der Waals surface area contributed by atoms with Crippen LogP contribution in [-0.2, 0) is 4.79 Å². The number of thioether (sulfide) groups is 1. The minimum atomic E-state index is -1.02. The molecular formula is C14H18N2O4S. The number of amides is 3. The molecule has 21 heavy (non-hydrogen) atoms. The maximum Gasteiger partial charge on any atom is 0.335 e. The summed E-state index contributed by atoms with van der Waals surface area (Å²) in [6.07, 6.45) is 0. The Morgan fingerprint density at radius 2 is 2.00 bits per heavy atom. The summed E-state index contributed by atoms with van der Waals surface area (Å²) < 4.78 is 0. The topological polar surface area (TPSA) is 95.5 Å². The third kappa shape index (κ3) is 6.80. The second-order valence-corrected chi connectivity index (χ2v) is 5.82. The number of aromatic carboxylic acids is 1. The normalized spacial score (nSPS) is 10.2. The molecule has 0 aliphatic rings. The molecule has 1 aromatic carbocycles. The maximum atomic E-state index is 11.6. The van der Waals surface area contributed by atoms with Crippen molar-refractivity contribution in [3.8, 4) is 0 Å². The second kappa shape index (κ2) is 8.31. The SMILES string of the molecule is CC(C)CNC(=O)NC(=O)CSc1cccc(C(=O)O)c1. The fourth-order valence-electron chi connectivity index (χ4n) is 1.37. The Bertz CT molecular complexity index is 531. The minimum absolute atomic E-state index is 0.0399. The van der Waals surface area contributed by atoms with Gasteiger partial charge in [0.05, 0.1) is 11.3 Å². The molecule has 0 aliphatic heterocycles. The van der Waals surface area contributed by atoms with Crippen LogP contribution in [0.5, 0.6) is 0 Å². The van der Waals surface area contributed by atoms with E-state index in [1.54, 1.807) is 12.1 Å². The van der Waals surface area contributed by atoms with E-state index in [4.69, 9.17) is 5.11 Å². The smallest absolute Gasteiger partial charge is 0.335 e. The fourth-order valence-corrected chi connectivity index (χ4v) is 2.13. The highest BCUT2D eigenvalue weighted by molar-refractivity contribution is 8.00. The molecule has 0 unspecified atom stereocenters. The number of carbonyl (C=O) groups is 3. The van der Waals surface area contributed by atoms with Gasteiger partial charge < -0.3 is 10.4 Å². The van der Waals surface area contributed by atoms with Crippen LogP contribution in [0.15, 0.2) is 29.2 Å². The molecule has 0 radical (unpaired) electrons. The molecule has 0 saturated heterocycles. The minimum Gasteiger partial charge on any atom is -0.478 e. The van der Waals surface area contributed by atoms with Gasteiger partial charge in [-0.3, -0.25) is 10.1 Å². The number of carboxylic acids is 1. The molecule has 0 aliphatic carbocycles. The predicted molar refractivity (Wildman–Crippen MR) is 80.5 cm³/mol. The molecular weight excluding hydrogens is 292 g/mol. The predicted octanol–water partition coefficient (Wildman–Crippen LogP) is 1.96. The summed E-state index contributed by atoms with van der Waals surface area (Å²) in [6.45, 7) is 4.40. The average Bonchev–Trinajstić information content (AvgIpc) is 2.43. The van der Waals surface area contributed by atoms with Crippen LogP contribution in [0.1, 0.15) is 24.2 Å². The fraction of sp³-hybridized carbons (Fsp3) is 0.357. The highest BCUT2D eigenvalue weighted by Crippen LogP contribution is 2.18. The molecule has 0 aromatic heterocycles. The van der Waals surface area contributed by atoms with E-state index in [1.165, 1.54) is 23.9 Å². The zero-order valence-electron chi connectivity index (χ0n) is 11.9. The van der Waals surface area contributed by atoms with E-state index >= 15 is 0 Å². The lowest BCUT2D eigenvalue weighted by Gasteiger charge is -2.08. The molecule has 0 fully saturated rings. The number of carbonyl (C=O) groups excluding carboxylic acids is 2. The zero-order valence-corrected chi connectivity index (χ0v) is 12.7. The number of carboxylic acid groups (broad SMARTS) is 1. The second-order valence-electron chi connectivity index (χ2n) is 4.77. The first kappa shape index (κ1) is 17.0. The van der Waals surface area contributed by atoms with Crippen LogP contribution in [0.25, 0.3) is 0 Å². The number of imide groups is 1. The first-order valence-electron chi connectivity index (χ1n) is 6.42. The first-order valence-corrected chi connectivity index (χ1v) is 7.41. The first-order chi connectivity index (χ1) is 9.88. The van der Waals surface area contributed by atoms with E-state index < -0.39 is 17.9 Å². The van der Waals surface area contributed by atoms with E-state index in [2.05, 4.69) is 10.6 Å². The molecule has 7 heteroatoms. The van der Waals surface area contributed by atoms with Crippen molar-refractivity contribution in [2.24, 2.45) is 5.92 Å². The summed E-state index contributed by atoms with van der Waals surface area (Å²) >= 11 is 1.17. The molecule has 114 valence electrons. The summed E-state index contributed by atoms with van der Waals surface area (Å²) in [5.74, 6) is -1.10. The van der Waals surface area contributed by atoms with Crippen molar-refractivity contribution in [2.45, 2.75) is 18.7 Å². The lowest BCUT2D eigenvalue weighted by Crippen LogP contribution is -2.41. The van der Waals surface area contributed by atoms with E-state index in [0.717, 1.165) is 0 Å². The Morgan fingerprint density at radius 1 is 1.29 bits per heavy atom. The average molecular weight is 310 g/mol. The Balaban J connectivity index is 2.41. The summed E-state index contributed by atoms with van der Waals surface area (Å²) in [7, 11) is 0. The van der Waals surface area contributed by atoms with Crippen molar-refractivity contribution >= 4 is 29.7 Å². The van der Waals surface area contributed by atoms with Crippen molar-refractivity contribution in [1.82, 2.24) is 10.6 Å². The van der Waals surface area contributed by atoms with E-state index in [0.29, 0.717) is 17.4 Å². The molecule has 0 saturated carbocycles. The summed E-state index contributed by atoms with van der Waals surface area (Å²) in [4.78, 5) is 34.4. The van der Waals surface area contributed by atoms with Gasteiger partial charge in [-0.2, -0.15) is 0 Å². The maximum absolute atomic E-state index is 11.6. The lowest BCUT2D eigenvalue weighted by molar-refractivity contribution is -0.117. The highest BCUT2D eigenvalue weighted by Gasteiger charge is 2.09. The molecule has 3 N–H and O–H groups in total. The Labute approximate surface area is 127 Å². The van der Waals surface area contributed by atoms with Gasteiger partial charge in [0.15, 0.2) is 0 Å². The molecule has 0 spiro atoms. The summed E-state index contributed by atoms with van der Waals surface area (Å²) in [5.41, 5.74) is 0.162. The molecule has 1 aromatic rings. The van der Waals surface area contributed by atoms with Gasteiger partial charge in [-0.05, 0) is 24.1 Å². The lowest BCUT2D eigenvalue weighted by atomic mass is 10.2. The third-order valence-corrected chi connectivity index (χ3v) is 3.37. The molecule has 6 nitrogen and oxygen atoms in total. The summed E-state index contributed by atoms with van der Waals surface area (Å²) in [6, 6.07) is 5.77. The third-order valence-electron chi connectivity index (χ3n) is 2.37. The van der Waals surface area contributed by atoms with Crippen LogP contribution < -0.4 is 10.6 Å². The van der Waals surface area contributed by atoms with Gasteiger partial charge in [0.25, 0.3) is 0 Å². The Hall–Kier alpha value is -2.02. The number of hydrogen-bond acceptors (Lipinski definition) is 4. The van der Waals surface area contributed by atoms with Gasteiger partial charge in [-0.1, -0.05) is 19.9 Å². The van der Waals surface area contributed by atoms with Gasteiger partial charge in [-0.15, -0.1) is 11.8 Å². The van der Waals surface area contributed by atoms with Crippen molar-refractivity contribution in [1.29, 1.82) is 0 Å². The van der Waals surface area contributed by atoms with Gasteiger partial charge in [0.1, 0.15) is 0 Å². The Kier molecular flexibility index (Phi) is 6.74. The van der Waals surface area contributed by atoms with Crippen LogP contribution in [0.3, 0.4) is 0 Å². The van der Waals surface area contributed by atoms with Crippen LogP contribution in [0.2, 0.25) is 0 Å². The molecule has 0 atom stereocenters. The van der Waals surface area contributed by atoms with E-state index in [1.807, 2.05) is 13.8 Å². The quantitative estimate of drug-likeness (QED) is 0.698. The Morgan fingerprint density at radius 3 is 2.62 bits per heavy atom.